The summed E-state index contributed by atoms with van der Waals surface area (Å²) in [6.07, 6.45) is 0. The fourth-order valence-corrected chi connectivity index (χ4v) is 5.52. The van der Waals surface area contributed by atoms with Crippen molar-refractivity contribution >= 4 is 48.3 Å². The zero-order chi connectivity index (χ0) is 22.9. The van der Waals surface area contributed by atoms with Gasteiger partial charge >= 0.3 is 0 Å². The van der Waals surface area contributed by atoms with Crippen LogP contribution in [0.4, 0.5) is 10.8 Å². The summed E-state index contributed by atoms with van der Waals surface area (Å²) in [5.74, 6) is 0.122. The third kappa shape index (κ3) is 4.44. The van der Waals surface area contributed by atoms with Crippen LogP contribution in [0.1, 0.15) is 21.5 Å². The van der Waals surface area contributed by atoms with Crippen molar-refractivity contribution in [1.82, 2.24) is 4.98 Å². The summed E-state index contributed by atoms with van der Waals surface area (Å²) in [5.41, 5.74) is 3.04. The summed E-state index contributed by atoms with van der Waals surface area (Å²) in [6.45, 7) is 3.67. The maximum atomic E-state index is 13.0. The average molecular weight is 468 g/mol. The minimum absolute atomic E-state index is 0.210. The number of benzene rings is 3. The first-order valence-electron chi connectivity index (χ1n) is 9.72. The minimum Gasteiger partial charge on any atom is -0.494 e. The third-order valence-corrected chi connectivity index (χ3v) is 7.27. The second-order valence-electron chi connectivity index (χ2n) is 7.24. The molecule has 1 amide bonds. The highest BCUT2D eigenvalue weighted by atomic mass is 32.2. The van der Waals surface area contributed by atoms with Gasteiger partial charge in [-0.2, -0.15) is 0 Å². The van der Waals surface area contributed by atoms with Crippen molar-refractivity contribution < 1.29 is 17.9 Å². The number of hydrogen-bond acceptors (Lipinski definition) is 6. The number of aryl methyl sites for hydroxylation is 2. The number of sulfonamides is 1. The van der Waals surface area contributed by atoms with Gasteiger partial charge in [-0.25, -0.2) is 13.4 Å². The molecule has 2 N–H and O–H groups in total. The topological polar surface area (TPSA) is 97.4 Å². The lowest BCUT2D eigenvalue weighted by Gasteiger charge is -2.12. The van der Waals surface area contributed by atoms with Crippen LogP contribution in [0.5, 0.6) is 5.75 Å². The predicted octanol–water partition coefficient (Wildman–Crippen LogP) is 4.97. The number of anilines is 2. The summed E-state index contributed by atoms with van der Waals surface area (Å²) in [4.78, 5) is 17.1. The van der Waals surface area contributed by atoms with Gasteiger partial charge in [0.05, 0.1) is 22.4 Å². The molecule has 0 unspecified atom stereocenters. The Balaban J connectivity index is 1.66. The first-order valence-corrected chi connectivity index (χ1v) is 12.0. The molecule has 32 heavy (non-hydrogen) atoms. The van der Waals surface area contributed by atoms with Gasteiger partial charge in [-0.3, -0.25) is 14.8 Å². The van der Waals surface area contributed by atoms with E-state index in [0.717, 1.165) is 5.56 Å². The molecule has 4 aromatic rings. The highest BCUT2D eigenvalue weighted by molar-refractivity contribution is 7.92. The minimum atomic E-state index is -3.79. The average Bonchev–Trinajstić information content (AvgIpc) is 3.15. The van der Waals surface area contributed by atoms with E-state index >= 15 is 0 Å². The number of rotatable bonds is 6. The second-order valence-corrected chi connectivity index (χ2v) is 9.92. The first-order chi connectivity index (χ1) is 15.3. The van der Waals surface area contributed by atoms with Crippen molar-refractivity contribution in [2.45, 2.75) is 18.7 Å². The molecular weight excluding hydrogens is 446 g/mol. The highest BCUT2D eigenvalue weighted by Gasteiger charge is 2.19. The van der Waals surface area contributed by atoms with Gasteiger partial charge in [0.2, 0.25) is 0 Å². The van der Waals surface area contributed by atoms with Gasteiger partial charge in [0.1, 0.15) is 11.3 Å². The van der Waals surface area contributed by atoms with E-state index in [1.165, 1.54) is 18.4 Å². The van der Waals surface area contributed by atoms with Gasteiger partial charge in [-0.15, -0.1) is 0 Å². The Bertz CT molecular complexity index is 1410. The number of carbonyl (C=O) groups excluding carboxylic acids is 1. The SMILES string of the molecule is COc1cc(NS(=O)(=O)c2ccc(C)cc2C)cc2sc(NC(=O)c3ccccc3)nc12. The number of nitrogens with zero attached hydrogens (tertiary/aromatic N) is 1. The van der Waals surface area contributed by atoms with E-state index in [2.05, 4.69) is 15.0 Å². The standard InChI is InChI=1S/C23H21N3O4S2/c1-14-9-10-20(15(2)11-14)32(28,29)26-17-12-18(30-3)21-19(13-17)31-23(24-21)25-22(27)16-7-5-4-6-8-16/h4-13,26H,1-3H3,(H,24,25,27). The van der Waals surface area contributed by atoms with Gasteiger partial charge in [0.25, 0.3) is 15.9 Å². The third-order valence-electron chi connectivity index (χ3n) is 4.81. The summed E-state index contributed by atoms with van der Waals surface area (Å²) in [6, 6.07) is 17.2. The van der Waals surface area contributed by atoms with Crippen LogP contribution in [-0.2, 0) is 10.0 Å². The monoisotopic (exact) mass is 467 g/mol. The number of amides is 1. The molecule has 4 rings (SSSR count). The van der Waals surface area contributed by atoms with E-state index in [-0.39, 0.29) is 10.8 Å². The molecule has 0 bridgehead atoms. The maximum absolute atomic E-state index is 13.0. The Kier molecular flexibility index (Phi) is 5.86. The molecule has 164 valence electrons. The molecule has 1 heterocycles. The highest BCUT2D eigenvalue weighted by Crippen LogP contribution is 2.36. The fourth-order valence-electron chi connectivity index (χ4n) is 3.34. The molecular formula is C23H21N3O4S2. The van der Waals surface area contributed by atoms with Crippen LogP contribution in [-0.4, -0.2) is 26.4 Å². The molecule has 0 saturated carbocycles. The van der Waals surface area contributed by atoms with E-state index in [1.54, 1.807) is 55.5 Å². The molecule has 0 saturated heterocycles. The van der Waals surface area contributed by atoms with Crippen LogP contribution in [0, 0.1) is 13.8 Å². The van der Waals surface area contributed by atoms with Crippen LogP contribution in [0.3, 0.4) is 0 Å². The zero-order valence-corrected chi connectivity index (χ0v) is 19.3. The number of ether oxygens (including phenoxy) is 1. The van der Waals surface area contributed by atoms with Gasteiger partial charge in [0, 0.05) is 11.6 Å². The predicted molar refractivity (Wildman–Crippen MR) is 127 cm³/mol. The zero-order valence-electron chi connectivity index (χ0n) is 17.7. The Labute approximate surface area is 190 Å². The van der Waals surface area contributed by atoms with Crippen LogP contribution < -0.4 is 14.8 Å². The first kappa shape index (κ1) is 21.8. The van der Waals surface area contributed by atoms with Crippen LogP contribution in [0.2, 0.25) is 0 Å². The number of methoxy groups -OCH3 is 1. The molecule has 0 spiro atoms. The Morgan fingerprint density at radius 2 is 1.78 bits per heavy atom. The molecule has 9 heteroatoms. The quantitative estimate of drug-likeness (QED) is 0.417. The Morgan fingerprint density at radius 3 is 2.47 bits per heavy atom. The lowest BCUT2D eigenvalue weighted by Crippen LogP contribution is -2.14. The van der Waals surface area contributed by atoms with E-state index in [9.17, 15) is 13.2 Å². The Morgan fingerprint density at radius 1 is 1.03 bits per heavy atom. The smallest absolute Gasteiger partial charge is 0.262 e. The van der Waals surface area contributed by atoms with E-state index < -0.39 is 10.0 Å². The number of thiazole rings is 1. The molecule has 0 aliphatic rings. The van der Waals surface area contributed by atoms with Crippen molar-refractivity contribution in [3.8, 4) is 5.75 Å². The second kappa shape index (κ2) is 8.60. The molecule has 0 atom stereocenters. The molecule has 0 radical (unpaired) electrons. The molecule has 7 nitrogen and oxygen atoms in total. The van der Waals surface area contributed by atoms with Gasteiger partial charge in [0.15, 0.2) is 5.13 Å². The molecule has 0 aliphatic carbocycles. The largest absolute Gasteiger partial charge is 0.494 e. The van der Waals surface area contributed by atoms with E-state index in [0.29, 0.717) is 37.9 Å². The normalized spacial score (nSPS) is 11.3. The molecule has 3 aromatic carbocycles. The molecule has 1 aromatic heterocycles. The van der Waals surface area contributed by atoms with Crippen molar-refractivity contribution in [2.75, 3.05) is 17.1 Å². The van der Waals surface area contributed by atoms with Crippen molar-refractivity contribution in [1.29, 1.82) is 0 Å². The molecule has 0 fully saturated rings. The van der Waals surface area contributed by atoms with Crippen molar-refractivity contribution in [3.63, 3.8) is 0 Å². The van der Waals surface area contributed by atoms with Crippen LogP contribution in [0.15, 0.2) is 65.6 Å². The van der Waals surface area contributed by atoms with Gasteiger partial charge in [-0.05, 0) is 43.7 Å². The van der Waals surface area contributed by atoms with Crippen molar-refractivity contribution in [3.05, 3.63) is 77.4 Å². The van der Waals surface area contributed by atoms with Crippen LogP contribution in [0.25, 0.3) is 10.2 Å². The summed E-state index contributed by atoms with van der Waals surface area (Å²) in [5, 5.41) is 3.17. The summed E-state index contributed by atoms with van der Waals surface area (Å²) in [7, 11) is -2.31. The summed E-state index contributed by atoms with van der Waals surface area (Å²) < 4.78 is 34.6. The van der Waals surface area contributed by atoms with E-state index in [1.807, 2.05) is 19.1 Å². The van der Waals surface area contributed by atoms with Crippen LogP contribution >= 0.6 is 11.3 Å². The van der Waals surface area contributed by atoms with Gasteiger partial charge < -0.3 is 4.74 Å². The number of hydrogen-bond donors (Lipinski definition) is 2. The number of nitrogens with one attached hydrogen (secondary N) is 2. The fraction of sp³-hybridized carbons (Fsp3) is 0.130. The van der Waals surface area contributed by atoms with E-state index in [4.69, 9.17) is 4.74 Å². The summed E-state index contributed by atoms with van der Waals surface area (Å²) >= 11 is 1.23. The number of aromatic nitrogens is 1. The molecule has 0 aliphatic heterocycles. The van der Waals surface area contributed by atoms with Gasteiger partial charge in [-0.1, -0.05) is 47.2 Å². The lowest BCUT2D eigenvalue weighted by molar-refractivity contribution is 0.102. The lowest BCUT2D eigenvalue weighted by atomic mass is 10.2. The Hall–Kier alpha value is -3.43. The number of fused-ring (bicyclic) bond motifs is 1. The number of carbonyl (C=O) groups is 1. The maximum Gasteiger partial charge on any atom is 0.262 e. The van der Waals surface area contributed by atoms with Crippen molar-refractivity contribution in [2.24, 2.45) is 0 Å².